The van der Waals surface area contributed by atoms with E-state index < -0.39 is 4.92 Å². The fraction of sp³-hybridized carbons (Fsp3) is 0.154. The van der Waals surface area contributed by atoms with Gasteiger partial charge in [0.2, 0.25) is 5.82 Å². The molecule has 0 radical (unpaired) electrons. The second-order valence-corrected chi connectivity index (χ2v) is 4.97. The first-order valence-electron chi connectivity index (χ1n) is 5.69. The lowest BCUT2D eigenvalue weighted by atomic mass is 10.1. The Morgan fingerprint density at radius 3 is 2.68 bits per heavy atom. The van der Waals surface area contributed by atoms with Crippen LogP contribution in [0.2, 0.25) is 0 Å². The van der Waals surface area contributed by atoms with Gasteiger partial charge in [-0.1, -0.05) is 30.3 Å². The highest BCUT2D eigenvalue weighted by molar-refractivity contribution is 9.10. The first-order valence-corrected chi connectivity index (χ1v) is 6.48. The highest BCUT2D eigenvalue weighted by atomic mass is 79.9. The number of nitrogens with zero attached hydrogens (tertiary/aromatic N) is 2. The number of pyridine rings is 1. The molecular weight excluding hydrogens is 310 g/mol. The van der Waals surface area contributed by atoms with Crippen molar-refractivity contribution in [1.82, 2.24) is 4.98 Å². The van der Waals surface area contributed by atoms with E-state index in [1.807, 2.05) is 37.3 Å². The molecule has 0 amide bonds. The maximum absolute atomic E-state index is 11.0. The summed E-state index contributed by atoms with van der Waals surface area (Å²) in [6.45, 7) is 1.93. The quantitative estimate of drug-likeness (QED) is 0.684. The van der Waals surface area contributed by atoms with Crippen LogP contribution < -0.4 is 5.32 Å². The van der Waals surface area contributed by atoms with E-state index in [2.05, 4.69) is 26.2 Å². The third-order valence-corrected chi connectivity index (χ3v) is 3.12. The summed E-state index contributed by atoms with van der Waals surface area (Å²) < 4.78 is 0.581. The lowest BCUT2D eigenvalue weighted by Crippen LogP contribution is -2.09. The average molecular weight is 322 g/mol. The zero-order valence-electron chi connectivity index (χ0n) is 10.2. The molecule has 0 aliphatic carbocycles. The number of hydrogen-bond acceptors (Lipinski definition) is 4. The van der Waals surface area contributed by atoms with Crippen molar-refractivity contribution in [3.8, 4) is 0 Å². The van der Waals surface area contributed by atoms with Gasteiger partial charge in [0.15, 0.2) is 0 Å². The van der Waals surface area contributed by atoms with Gasteiger partial charge in [-0.15, -0.1) is 0 Å². The lowest BCUT2D eigenvalue weighted by Gasteiger charge is -2.14. The molecule has 0 saturated carbocycles. The Hall–Kier alpha value is -1.95. The number of rotatable bonds is 4. The molecule has 0 saturated heterocycles. The molecule has 2 rings (SSSR count). The number of halogens is 1. The smallest absolute Gasteiger partial charge is 0.312 e. The van der Waals surface area contributed by atoms with Crippen LogP contribution in [0.25, 0.3) is 0 Å². The van der Waals surface area contributed by atoms with Crippen LogP contribution in [0.15, 0.2) is 47.1 Å². The number of aromatic nitrogens is 1. The molecular formula is C13H12BrN3O2. The Morgan fingerprint density at radius 2 is 2.05 bits per heavy atom. The molecule has 1 aromatic heterocycles. The maximum Gasteiger partial charge on any atom is 0.312 e. The fourth-order valence-electron chi connectivity index (χ4n) is 1.71. The van der Waals surface area contributed by atoms with Crippen molar-refractivity contribution < 1.29 is 4.92 Å². The summed E-state index contributed by atoms with van der Waals surface area (Å²) in [7, 11) is 0. The van der Waals surface area contributed by atoms with E-state index in [4.69, 9.17) is 0 Å². The number of benzene rings is 1. The topological polar surface area (TPSA) is 68.1 Å². The Morgan fingerprint density at radius 1 is 1.37 bits per heavy atom. The van der Waals surface area contributed by atoms with Crippen molar-refractivity contribution in [3.05, 3.63) is 62.7 Å². The molecule has 1 N–H and O–H groups in total. The number of nitro groups is 1. The molecule has 1 aromatic carbocycles. The fourth-order valence-corrected chi connectivity index (χ4v) is 2.03. The van der Waals surface area contributed by atoms with Crippen LogP contribution in [0, 0.1) is 10.1 Å². The maximum atomic E-state index is 11.0. The van der Waals surface area contributed by atoms with Crippen LogP contribution in [0.1, 0.15) is 18.5 Å². The van der Waals surface area contributed by atoms with Crippen LogP contribution in [0.4, 0.5) is 11.5 Å². The van der Waals surface area contributed by atoms with Crippen molar-refractivity contribution in [3.63, 3.8) is 0 Å². The van der Waals surface area contributed by atoms with Crippen LogP contribution in [0.5, 0.6) is 0 Å². The molecule has 2 aromatic rings. The zero-order valence-corrected chi connectivity index (χ0v) is 11.8. The van der Waals surface area contributed by atoms with Gasteiger partial charge in [0.25, 0.3) is 0 Å². The van der Waals surface area contributed by atoms with E-state index in [1.54, 1.807) is 0 Å². The van der Waals surface area contributed by atoms with E-state index in [9.17, 15) is 10.1 Å². The van der Waals surface area contributed by atoms with E-state index in [0.29, 0.717) is 4.47 Å². The number of hydrogen-bond donors (Lipinski definition) is 1. The minimum absolute atomic E-state index is 0.0443. The predicted molar refractivity (Wildman–Crippen MR) is 77.1 cm³/mol. The minimum Gasteiger partial charge on any atom is -0.358 e. The Bertz CT molecular complexity index is 590. The molecule has 0 spiro atoms. The molecule has 98 valence electrons. The van der Waals surface area contributed by atoms with Gasteiger partial charge in [0, 0.05) is 16.7 Å². The molecule has 1 heterocycles. The van der Waals surface area contributed by atoms with E-state index >= 15 is 0 Å². The van der Waals surface area contributed by atoms with E-state index in [0.717, 1.165) is 5.56 Å². The van der Waals surface area contributed by atoms with Gasteiger partial charge in [0.1, 0.15) is 0 Å². The molecule has 0 aliphatic heterocycles. The van der Waals surface area contributed by atoms with Gasteiger partial charge in [-0.25, -0.2) is 4.98 Å². The summed E-state index contributed by atoms with van der Waals surface area (Å²) >= 11 is 3.18. The van der Waals surface area contributed by atoms with Crippen molar-refractivity contribution in [1.29, 1.82) is 0 Å². The average Bonchev–Trinajstić information content (AvgIpc) is 2.41. The SMILES string of the molecule is C[C@H](Nc1ncc(Br)cc1[N+](=O)[O-])c1ccccc1. The second-order valence-electron chi connectivity index (χ2n) is 4.06. The van der Waals surface area contributed by atoms with Gasteiger partial charge in [-0.2, -0.15) is 0 Å². The zero-order chi connectivity index (χ0) is 13.8. The number of anilines is 1. The molecule has 5 nitrogen and oxygen atoms in total. The molecule has 0 bridgehead atoms. The second kappa shape index (κ2) is 5.79. The summed E-state index contributed by atoms with van der Waals surface area (Å²) in [6, 6.07) is 11.1. The summed E-state index contributed by atoms with van der Waals surface area (Å²) in [5.74, 6) is 0.268. The normalized spacial score (nSPS) is 11.9. The van der Waals surface area contributed by atoms with Crippen LogP contribution in [-0.4, -0.2) is 9.91 Å². The highest BCUT2D eigenvalue weighted by Gasteiger charge is 2.17. The van der Waals surface area contributed by atoms with Crippen LogP contribution in [0.3, 0.4) is 0 Å². The third-order valence-electron chi connectivity index (χ3n) is 2.68. The van der Waals surface area contributed by atoms with E-state index in [1.165, 1.54) is 12.3 Å². The minimum atomic E-state index is -0.447. The van der Waals surface area contributed by atoms with Gasteiger partial charge in [-0.3, -0.25) is 10.1 Å². The lowest BCUT2D eigenvalue weighted by molar-refractivity contribution is -0.384. The largest absolute Gasteiger partial charge is 0.358 e. The summed E-state index contributed by atoms with van der Waals surface area (Å²) in [5.41, 5.74) is 0.999. The standard InChI is InChI=1S/C13H12BrN3O2/c1-9(10-5-3-2-4-6-10)16-13-12(17(18)19)7-11(14)8-15-13/h2-9H,1H3,(H,15,16)/t9-/m0/s1. The number of nitrogens with one attached hydrogen (secondary N) is 1. The summed E-state index contributed by atoms with van der Waals surface area (Å²) in [4.78, 5) is 14.6. The molecule has 1 atom stereocenters. The van der Waals surface area contributed by atoms with Gasteiger partial charge < -0.3 is 5.32 Å². The Balaban J connectivity index is 2.26. The molecule has 0 unspecified atom stereocenters. The van der Waals surface area contributed by atoms with Crippen molar-refractivity contribution in [2.24, 2.45) is 0 Å². The van der Waals surface area contributed by atoms with Crippen molar-refractivity contribution in [2.75, 3.05) is 5.32 Å². The van der Waals surface area contributed by atoms with Crippen LogP contribution >= 0.6 is 15.9 Å². The first-order chi connectivity index (χ1) is 9.08. The van der Waals surface area contributed by atoms with Crippen LogP contribution in [-0.2, 0) is 0 Å². The van der Waals surface area contributed by atoms with E-state index in [-0.39, 0.29) is 17.5 Å². The predicted octanol–water partition coefficient (Wildman–Crippen LogP) is 3.93. The molecule has 19 heavy (non-hydrogen) atoms. The Labute approximate surface area is 119 Å². The van der Waals surface area contributed by atoms with Crippen molar-refractivity contribution >= 4 is 27.4 Å². The monoisotopic (exact) mass is 321 g/mol. The molecule has 6 heteroatoms. The first kappa shape index (κ1) is 13.5. The van der Waals surface area contributed by atoms with Gasteiger partial charge in [-0.05, 0) is 28.4 Å². The highest BCUT2D eigenvalue weighted by Crippen LogP contribution is 2.28. The summed E-state index contributed by atoms with van der Waals surface area (Å²) in [5, 5.41) is 14.1. The van der Waals surface area contributed by atoms with Gasteiger partial charge >= 0.3 is 5.69 Å². The molecule has 0 fully saturated rings. The Kier molecular flexibility index (Phi) is 4.11. The third kappa shape index (κ3) is 3.29. The van der Waals surface area contributed by atoms with Crippen molar-refractivity contribution in [2.45, 2.75) is 13.0 Å². The molecule has 0 aliphatic rings. The summed E-state index contributed by atoms with van der Waals surface area (Å²) in [6.07, 6.45) is 1.53. The van der Waals surface area contributed by atoms with Gasteiger partial charge in [0.05, 0.1) is 11.0 Å².